The molecule has 1 aromatic rings. The summed E-state index contributed by atoms with van der Waals surface area (Å²) in [6, 6.07) is 6.49. The molecule has 3 fully saturated rings. The number of fused-ring (bicyclic) bond motifs is 3. The van der Waals surface area contributed by atoms with E-state index in [0.29, 0.717) is 10.8 Å². The third kappa shape index (κ3) is 3.35. The maximum absolute atomic E-state index is 12.7. The Hall–Kier alpha value is -1.22. The Morgan fingerprint density at radius 1 is 0.923 bits per heavy atom. The average Bonchev–Trinajstić information content (AvgIpc) is 3.02. The molecule has 3 heterocycles. The highest BCUT2D eigenvalue weighted by Gasteiger charge is 2.62. The molecule has 142 valence electrons. The molecule has 3 aliphatic heterocycles. The fraction of sp³-hybridized carbons (Fsp3) is 0.611. The van der Waals surface area contributed by atoms with Gasteiger partial charge in [0.25, 0.3) is 0 Å². The van der Waals surface area contributed by atoms with E-state index in [2.05, 4.69) is 0 Å². The van der Waals surface area contributed by atoms with Gasteiger partial charge in [0, 0.05) is 5.02 Å². The van der Waals surface area contributed by atoms with Gasteiger partial charge in [0.05, 0.1) is 0 Å². The number of carbonyl (C=O) groups excluding carboxylic acids is 1. The van der Waals surface area contributed by atoms with E-state index in [1.165, 1.54) is 0 Å². The van der Waals surface area contributed by atoms with E-state index in [0.717, 1.165) is 0 Å². The number of halogens is 1. The van der Waals surface area contributed by atoms with Crippen LogP contribution in [0.3, 0.4) is 0 Å². The standard InChI is InChI=1S/C18H21ClO7/c1-17(2)23-11-12(24-17)14-16(26-18(3,4)25-14)22-13(11)15(20)21-10-7-5-9(19)6-8-10/h5-8,11-14,16H,1-4H3/t11-,12-,13+,14-,16+/m1/s1. The summed E-state index contributed by atoms with van der Waals surface area (Å²) < 4.78 is 34.8. The quantitative estimate of drug-likeness (QED) is 0.573. The van der Waals surface area contributed by atoms with Crippen molar-refractivity contribution in [3.05, 3.63) is 29.3 Å². The van der Waals surface area contributed by atoms with E-state index >= 15 is 0 Å². The number of carbonyl (C=O) groups is 1. The second kappa shape index (κ2) is 6.15. The predicted molar refractivity (Wildman–Crippen MR) is 89.6 cm³/mol. The van der Waals surface area contributed by atoms with Crippen molar-refractivity contribution in [1.29, 1.82) is 0 Å². The molecule has 26 heavy (non-hydrogen) atoms. The highest BCUT2D eigenvalue weighted by molar-refractivity contribution is 6.30. The van der Waals surface area contributed by atoms with Crippen molar-refractivity contribution in [2.24, 2.45) is 0 Å². The third-order valence-corrected chi connectivity index (χ3v) is 4.67. The molecule has 0 bridgehead atoms. The molecule has 0 radical (unpaired) electrons. The Bertz CT molecular complexity index is 702. The molecule has 4 rings (SSSR count). The molecule has 0 unspecified atom stereocenters. The van der Waals surface area contributed by atoms with Crippen LogP contribution in [-0.4, -0.2) is 48.2 Å². The molecule has 7 nitrogen and oxygen atoms in total. The van der Waals surface area contributed by atoms with E-state index < -0.39 is 48.2 Å². The first-order chi connectivity index (χ1) is 12.1. The number of esters is 1. The van der Waals surface area contributed by atoms with Crippen molar-refractivity contribution in [1.82, 2.24) is 0 Å². The molecule has 1 aromatic carbocycles. The summed E-state index contributed by atoms with van der Waals surface area (Å²) in [7, 11) is 0. The monoisotopic (exact) mass is 384 g/mol. The van der Waals surface area contributed by atoms with Crippen molar-refractivity contribution < 1.29 is 33.2 Å². The zero-order chi connectivity index (χ0) is 18.7. The largest absolute Gasteiger partial charge is 0.425 e. The Kier molecular flexibility index (Phi) is 4.30. The van der Waals surface area contributed by atoms with Crippen molar-refractivity contribution in [2.75, 3.05) is 0 Å². The number of hydrogen-bond donors (Lipinski definition) is 0. The summed E-state index contributed by atoms with van der Waals surface area (Å²) in [4.78, 5) is 12.7. The molecular weight excluding hydrogens is 364 g/mol. The SMILES string of the molecule is CC1(C)O[C@@H]2[C@@H](O1)[C@@H](C(=O)Oc1ccc(Cl)cc1)O[C@H]1OC(C)(C)O[C@@H]12. The van der Waals surface area contributed by atoms with Gasteiger partial charge in [-0.1, -0.05) is 11.6 Å². The van der Waals surface area contributed by atoms with E-state index in [1.807, 2.05) is 0 Å². The average molecular weight is 385 g/mol. The Morgan fingerprint density at radius 2 is 1.50 bits per heavy atom. The molecule has 8 heteroatoms. The van der Waals surface area contributed by atoms with E-state index in [-0.39, 0.29) is 0 Å². The van der Waals surface area contributed by atoms with Gasteiger partial charge >= 0.3 is 5.97 Å². The second-order valence-corrected chi connectivity index (χ2v) is 7.90. The minimum Gasteiger partial charge on any atom is -0.425 e. The van der Waals surface area contributed by atoms with Gasteiger partial charge in [-0.2, -0.15) is 0 Å². The van der Waals surface area contributed by atoms with Crippen molar-refractivity contribution >= 4 is 17.6 Å². The Labute approximate surface area is 156 Å². The van der Waals surface area contributed by atoms with Crippen LogP contribution in [0.15, 0.2) is 24.3 Å². The topological polar surface area (TPSA) is 72.5 Å². The molecule has 3 saturated heterocycles. The summed E-state index contributed by atoms with van der Waals surface area (Å²) in [5.74, 6) is -1.94. The maximum Gasteiger partial charge on any atom is 0.343 e. The lowest BCUT2D eigenvalue weighted by Gasteiger charge is -2.35. The number of benzene rings is 1. The fourth-order valence-corrected chi connectivity index (χ4v) is 3.60. The lowest BCUT2D eigenvalue weighted by atomic mass is 9.99. The van der Waals surface area contributed by atoms with Gasteiger partial charge in [-0.25, -0.2) is 4.79 Å². The molecule has 0 saturated carbocycles. The van der Waals surface area contributed by atoms with Crippen LogP contribution < -0.4 is 4.74 Å². The molecule has 3 aliphatic rings. The summed E-state index contributed by atoms with van der Waals surface area (Å²) in [6.45, 7) is 7.13. The summed E-state index contributed by atoms with van der Waals surface area (Å²) >= 11 is 5.86. The van der Waals surface area contributed by atoms with Crippen LogP contribution >= 0.6 is 11.6 Å². The van der Waals surface area contributed by atoms with Crippen LogP contribution in [0.4, 0.5) is 0 Å². The zero-order valence-electron chi connectivity index (χ0n) is 14.9. The highest BCUT2D eigenvalue weighted by atomic mass is 35.5. The highest BCUT2D eigenvalue weighted by Crippen LogP contribution is 2.44. The molecule has 0 amide bonds. The van der Waals surface area contributed by atoms with Crippen molar-refractivity contribution in [2.45, 2.75) is 70.0 Å². The van der Waals surface area contributed by atoms with Gasteiger partial charge < -0.3 is 28.4 Å². The third-order valence-electron chi connectivity index (χ3n) is 4.42. The first kappa shape index (κ1) is 18.2. The lowest BCUT2D eigenvalue weighted by molar-refractivity contribution is -0.236. The van der Waals surface area contributed by atoms with Gasteiger partial charge in [-0.15, -0.1) is 0 Å². The number of rotatable bonds is 2. The predicted octanol–water partition coefficient (Wildman–Crippen LogP) is 2.64. The molecule has 0 aromatic heterocycles. The van der Waals surface area contributed by atoms with Crippen LogP contribution in [0.5, 0.6) is 5.75 Å². The van der Waals surface area contributed by atoms with Crippen LogP contribution in [0, 0.1) is 0 Å². The van der Waals surface area contributed by atoms with Crippen LogP contribution in [-0.2, 0) is 28.5 Å². The second-order valence-electron chi connectivity index (χ2n) is 7.47. The first-order valence-electron chi connectivity index (χ1n) is 8.48. The lowest BCUT2D eigenvalue weighted by Crippen LogP contribution is -2.58. The molecule has 5 atom stereocenters. The molecule has 0 aliphatic carbocycles. The normalized spacial score (nSPS) is 37.0. The minimum absolute atomic E-state index is 0.365. The summed E-state index contributed by atoms with van der Waals surface area (Å²) in [5, 5.41) is 0.551. The molecule has 0 spiro atoms. The maximum atomic E-state index is 12.7. The Balaban J connectivity index is 1.57. The van der Waals surface area contributed by atoms with Crippen LogP contribution in [0.25, 0.3) is 0 Å². The van der Waals surface area contributed by atoms with E-state index in [9.17, 15) is 4.79 Å². The minimum atomic E-state index is -1.00. The summed E-state index contributed by atoms with van der Waals surface area (Å²) in [6.07, 6.45) is -3.41. The van der Waals surface area contributed by atoms with Gasteiger partial charge in [-0.3, -0.25) is 0 Å². The van der Waals surface area contributed by atoms with Gasteiger partial charge in [0.15, 0.2) is 24.0 Å². The molecular formula is C18H21ClO7. The van der Waals surface area contributed by atoms with E-state index in [1.54, 1.807) is 52.0 Å². The number of ether oxygens (including phenoxy) is 6. The van der Waals surface area contributed by atoms with Crippen molar-refractivity contribution in [3.8, 4) is 5.75 Å². The molecule has 0 N–H and O–H groups in total. The zero-order valence-corrected chi connectivity index (χ0v) is 15.7. The Morgan fingerprint density at radius 3 is 2.19 bits per heavy atom. The van der Waals surface area contributed by atoms with Gasteiger partial charge in [0.1, 0.15) is 24.1 Å². The van der Waals surface area contributed by atoms with E-state index in [4.69, 9.17) is 40.0 Å². The fourth-order valence-electron chi connectivity index (χ4n) is 3.48. The van der Waals surface area contributed by atoms with Gasteiger partial charge in [-0.05, 0) is 52.0 Å². The van der Waals surface area contributed by atoms with Crippen LogP contribution in [0.2, 0.25) is 5.02 Å². The van der Waals surface area contributed by atoms with Crippen molar-refractivity contribution in [3.63, 3.8) is 0 Å². The first-order valence-corrected chi connectivity index (χ1v) is 8.85. The van der Waals surface area contributed by atoms with Gasteiger partial charge in [0.2, 0.25) is 0 Å². The van der Waals surface area contributed by atoms with Crippen LogP contribution in [0.1, 0.15) is 27.7 Å². The number of hydrogen-bond acceptors (Lipinski definition) is 7. The smallest absolute Gasteiger partial charge is 0.343 e. The summed E-state index contributed by atoms with van der Waals surface area (Å²) in [5.41, 5.74) is 0.